The number of ether oxygens (including phenoxy) is 1. The van der Waals surface area contributed by atoms with E-state index >= 15 is 0 Å². The van der Waals surface area contributed by atoms with Crippen LogP contribution in [0.4, 0.5) is 8.78 Å². The maximum atomic E-state index is 13.6. The van der Waals surface area contributed by atoms with Gasteiger partial charge < -0.3 is 4.74 Å². The Labute approximate surface area is 109 Å². The van der Waals surface area contributed by atoms with Crippen LogP contribution in [0.15, 0.2) is 42.5 Å². The summed E-state index contributed by atoms with van der Waals surface area (Å²) in [5, 5.41) is 0. The number of ketones is 1. The Balaban J connectivity index is 2.10. The van der Waals surface area contributed by atoms with Crippen LogP contribution in [-0.2, 0) is 6.61 Å². The predicted molar refractivity (Wildman–Crippen MR) is 67.1 cm³/mol. The van der Waals surface area contributed by atoms with E-state index in [9.17, 15) is 13.6 Å². The van der Waals surface area contributed by atoms with E-state index in [0.717, 1.165) is 6.07 Å². The van der Waals surface area contributed by atoms with E-state index in [2.05, 4.69) is 0 Å². The molecule has 98 valence electrons. The highest BCUT2D eigenvalue weighted by molar-refractivity contribution is 5.94. The zero-order valence-corrected chi connectivity index (χ0v) is 10.3. The second kappa shape index (κ2) is 5.61. The lowest BCUT2D eigenvalue weighted by Crippen LogP contribution is -2.00. The first-order valence-corrected chi connectivity index (χ1v) is 5.74. The van der Waals surface area contributed by atoms with Crippen molar-refractivity contribution in [3.63, 3.8) is 0 Å². The van der Waals surface area contributed by atoms with Crippen LogP contribution in [0.25, 0.3) is 0 Å². The summed E-state index contributed by atoms with van der Waals surface area (Å²) in [6.45, 7) is 1.43. The molecule has 19 heavy (non-hydrogen) atoms. The van der Waals surface area contributed by atoms with E-state index in [4.69, 9.17) is 4.74 Å². The number of halogens is 2. The zero-order chi connectivity index (χ0) is 13.8. The molecule has 0 atom stereocenters. The SMILES string of the molecule is CC(=O)c1ccc(OCc2cccc(F)c2)c(F)c1. The van der Waals surface area contributed by atoms with Crippen LogP contribution >= 0.6 is 0 Å². The molecular formula is C15H12F2O2. The van der Waals surface area contributed by atoms with Gasteiger partial charge in [-0.1, -0.05) is 12.1 Å². The van der Waals surface area contributed by atoms with E-state index < -0.39 is 5.82 Å². The quantitative estimate of drug-likeness (QED) is 0.784. The van der Waals surface area contributed by atoms with E-state index in [0.29, 0.717) is 5.56 Å². The molecule has 0 bridgehead atoms. The molecule has 0 aliphatic rings. The molecule has 0 saturated heterocycles. The Morgan fingerprint density at radius 3 is 2.58 bits per heavy atom. The Morgan fingerprint density at radius 1 is 1.16 bits per heavy atom. The molecule has 2 rings (SSSR count). The molecule has 2 aromatic rings. The van der Waals surface area contributed by atoms with Gasteiger partial charge in [-0.2, -0.15) is 0 Å². The summed E-state index contributed by atoms with van der Waals surface area (Å²) in [4.78, 5) is 11.1. The Kier molecular flexibility index (Phi) is 3.90. The van der Waals surface area contributed by atoms with Crippen LogP contribution < -0.4 is 4.74 Å². The van der Waals surface area contributed by atoms with E-state index in [1.165, 1.54) is 31.2 Å². The van der Waals surface area contributed by atoms with E-state index in [1.807, 2.05) is 0 Å². The van der Waals surface area contributed by atoms with Crippen LogP contribution in [-0.4, -0.2) is 5.78 Å². The first kappa shape index (κ1) is 13.2. The van der Waals surface area contributed by atoms with Gasteiger partial charge in [-0.05, 0) is 42.8 Å². The standard InChI is InChI=1S/C15H12F2O2/c1-10(18)12-5-6-15(14(17)8-12)19-9-11-3-2-4-13(16)7-11/h2-8H,9H2,1H3. The highest BCUT2D eigenvalue weighted by Gasteiger charge is 2.07. The highest BCUT2D eigenvalue weighted by atomic mass is 19.1. The van der Waals surface area contributed by atoms with E-state index in [1.54, 1.807) is 12.1 Å². The number of carbonyl (C=O) groups is 1. The fourth-order valence-electron chi connectivity index (χ4n) is 1.62. The van der Waals surface area contributed by atoms with Gasteiger partial charge >= 0.3 is 0 Å². The second-order valence-electron chi connectivity index (χ2n) is 4.12. The third kappa shape index (κ3) is 3.37. The summed E-state index contributed by atoms with van der Waals surface area (Å²) in [6.07, 6.45) is 0. The number of carbonyl (C=O) groups excluding carboxylic acids is 1. The summed E-state index contributed by atoms with van der Waals surface area (Å²) < 4.78 is 31.8. The zero-order valence-electron chi connectivity index (χ0n) is 10.3. The van der Waals surface area contributed by atoms with Gasteiger partial charge in [-0.25, -0.2) is 8.78 Å². The molecule has 0 aliphatic heterocycles. The minimum Gasteiger partial charge on any atom is -0.486 e. The molecule has 0 saturated carbocycles. The lowest BCUT2D eigenvalue weighted by Gasteiger charge is -2.08. The van der Waals surface area contributed by atoms with Crippen molar-refractivity contribution in [3.05, 3.63) is 65.2 Å². The smallest absolute Gasteiger partial charge is 0.165 e. The van der Waals surface area contributed by atoms with Crippen molar-refractivity contribution in [1.82, 2.24) is 0 Å². The average molecular weight is 262 g/mol. The van der Waals surface area contributed by atoms with Crippen molar-refractivity contribution in [2.75, 3.05) is 0 Å². The molecule has 0 radical (unpaired) electrons. The number of benzene rings is 2. The predicted octanol–water partition coefficient (Wildman–Crippen LogP) is 3.75. The monoisotopic (exact) mass is 262 g/mol. The fourth-order valence-corrected chi connectivity index (χ4v) is 1.62. The van der Waals surface area contributed by atoms with Gasteiger partial charge in [0, 0.05) is 5.56 Å². The lowest BCUT2D eigenvalue weighted by molar-refractivity contribution is 0.101. The number of hydrogen-bond acceptors (Lipinski definition) is 2. The molecule has 4 heteroatoms. The molecule has 0 fully saturated rings. The Hall–Kier alpha value is -2.23. The summed E-state index contributed by atoms with van der Waals surface area (Å²) in [7, 11) is 0. The van der Waals surface area contributed by atoms with Crippen LogP contribution in [0.5, 0.6) is 5.75 Å². The fraction of sp³-hybridized carbons (Fsp3) is 0.133. The first-order valence-electron chi connectivity index (χ1n) is 5.74. The van der Waals surface area contributed by atoms with Gasteiger partial charge in [0.25, 0.3) is 0 Å². The maximum Gasteiger partial charge on any atom is 0.165 e. The Bertz CT molecular complexity index is 609. The molecule has 0 heterocycles. The van der Waals surface area contributed by atoms with Crippen LogP contribution in [0.2, 0.25) is 0 Å². The van der Waals surface area contributed by atoms with E-state index in [-0.39, 0.29) is 29.5 Å². The Morgan fingerprint density at radius 2 is 1.95 bits per heavy atom. The minimum absolute atomic E-state index is 0.0364. The maximum absolute atomic E-state index is 13.6. The highest BCUT2D eigenvalue weighted by Crippen LogP contribution is 2.20. The molecule has 2 nitrogen and oxygen atoms in total. The molecule has 2 aromatic carbocycles. The van der Waals surface area contributed by atoms with Crippen molar-refractivity contribution >= 4 is 5.78 Å². The van der Waals surface area contributed by atoms with Crippen molar-refractivity contribution in [2.24, 2.45) is 0 Å². The summed E-state index contributed by atoms with van der Waals surface area (Å²) in [5.74, 6) is -1.15. The summed E-state index contributed by atoms with van der Waals surface area (Å²) in [5.41, 5.74) is 0.894. The van der Waals surface area contributed by atoms with Crippen molar-refractivity contribution in [1.29, 1.82) is 0 Å². The largest absolute Gasteiger partial charge is 0.486 e. The van der Waals surface area contributed by atoms with Gasteiger partial charge in [0.2, 0.25) is 0 Å². The average Bonchev–Trinajstić information content (AvgIpc) is 2.37. The number of rotatable bonds is 4. The van der Waals surface area contributed by atoms with Crippen molar-refractivity contribution in [2.45, 2.75) is 13.5 Å². The van der Waals surface area contributed by atoms with Crippen LogP contribution in [0.1, 0.15) is 22.8 Å². The van der Waals surface area contributed by atoms with Crippen molar-refractivity contribution in [3.8, 4) is 5.75 Å². The molecule has 0 amide bonds. The van der Waals surface area contributed by atoms with Crippen LogP contribution in [0.3, 0.4) is 0 Å². The van der Waals surface area contributed by atoms with Gasteiger partial charge in [0.15, 0.2) is 17.3 Å². The first-order chi connectivity index (χ1) is 9.06. The van der Waals surface area contributed by atoms with Gasteiger partial charge in [0.05, 0.1) is 0 Å². The molecule has 0 spiro atoms. The third-order valence-corrected chi connectivity index (χ3v) is 2.62. The van der Waals surface area contributed by atoms with Gasteiger partial charge in [-0.3, -0.25) is 4.79 Å². The lowest BCUT2D eigenvalue weighted by atomic mass is 10.1. The second-order valence-corrected chi connectivity index (χ2v) is 4.12. The summed E-state index contributed by atoms with van der Waals surface area (Å²) in [6, 6.07) is 9.91. The molecule has 0 N–H and O–H groups in total. The minimum atomic E-state index is -0.607. The third-order valence-electron chi connectivity index (χ3n) is 2.62. The molecule has 0 aliphatic carbocycles. The topological polar surface area (TPSA) is 26.3 Å². The van der Waals surface area contributed by atoms with Crippen molar-refractivity contribution < 1.29 is 18.3 Å². The number of Topliss-reactive ketones (excluding diaryl/α,β-unsaturated/α-hetero) is 1. The molecule has 0 unspecified atom stereocenters. The van der Waals surface area contributed by atoms with Gasteiger partial charge in [0.1, 0.15) is 12.4 Å². The van der Waals surface area contributed by atoms with Gasteiger partial charge in [-0.15, -0.1) is 0 Å². The summed E-state index contributed by atoms with van der Waals surface area (Å²) >= 11 is 0. The number of hydrogen-bond donors (Lipinski definition) is 0. The molecule has 0 aromatic heterocycles. The molecular weight excluding hydrogens is 250 g/mol. The normalized spacial score (nSPS) is 10.3. The van der Waals surface area contributed by atoms with Crippen LogP contribution in [0, 0.1) is 11.6 Å².